The predicted molar refractivity (Wildman–Crippen MR) is 69.4 cm³/mol. The highest BCUT2D eigenvalue weighted by atomic mass is 79.9. The minimum atomic E-state index is -0.293. The third-order valence-corrected chi connectivity index (χ3v) is 4.13. The van der Waals surface area contributed by atoms with Gasteiger partial charge in [0, 0.05) is 16.3 Å². The van der Waals surface area contributed by atoms with Gasteiger partial charge in [-0.05, 0) is 36.6 Å². The fourth-order valence-corrected chi connectivity index (χ4v) is 3.06. The molecule has 0 radical (unpaired) electrons. The number of carbonyl (C=O) groups excluding carboxylic acids is 1. The Labute approximate surface area is 110 Å². The molecule has 1 fully saturated rings. The number of carbonyl (C=O) groups is 1. The molecule has 1 nitrogen and oxygen atoms in total. The maximum absolute atomic E-state index is 13.2. The standard InChI is InChI=1S/C14H16BrFO/c1-14(4-2-3-5-14)13(17)8-10-6-11(15)9-12(16)7-10/h6-7,9H,2-5,8H2,1H3. The van der Waals surface area contributed by atoms with Crippen molar-refractivity contribution in [2.45, 2.75) is 39.0 Å². The molecule has 1 aromatic rings. The van der Waals surface area contributed by atoms with Crippen molar-refractivity contribution in [3.05, 3.63) is 34.1 Å². The molecule has 0 unspecified atom stereocenters. The lowest BCUT2D eigenvalue weighted by Crippen LogP contribution is -2.26. The molecule has 1 aliphatic carbocycles. The maximum Gasteiger partial charge on any atom is 0.143 e. The fraction of sp³-hybridized carbons (Fsp3) is 0.500. The number of benzene rings is 1. The van der Waals surface area contributed by atoms with Crippen LogP contribution in [0.25, 0.3) is 0 Å². The van der Waals surface area contributed by atoms with E-state index >= 15 is 0 Å². The molecule has 0 heterocycles. The van der Waals surface area contributed by atoms with Crippen molar-refractivity contribution in [3.63, 3.8) is 0 Å². The van der Waals surface area contributed by atoms with Crippen molar-refractivity contribution < 1.29 is 9.18 Å². The summed E-state index contributed by atoms with van der Waals surface area (Å²) in [5, 5.41) is 0. The highest BCUT2D eigenvalue weighted by molar-refractivity contribution is 9.10. The molecule has 1 saturated carbocycles. The van der Waals surface area contributed by atoms with E-state index in [-0.39, 0.29) is 17.0 Å². The Balaban J connectivity index is 2.12. The number of Topliss-reactive ketones (excluding diaryl/α,β-unsaturated/α-hetero) is 1. The van der Waals surface area contributed by atoms with Gasteiger partial charge in [0.05, 0.1) is 0 Å². The summed E-state index contributed by atoms with van der Waals surface area (Å²) in [6.07, 6.45) is 4.56. The van der Waals surface area contributed by atoms with E-state index in [0.29, 0.717) is 10.9 Å². The van der Waals surface area contributed by atoms with E-state index in [1.54, 1.807) is 0 Å². The van der Waals surface area contributed by atoms with Crippen LogP contribution in [0.1, 0.15) is 38.2 Å². The maximum atomic E-state index is 13.2. The highest BCUT2D eigenvalue weighted by Gasteiger charge is 2.35. The predicted octanol–water partition coefficient (Wildman–Crippen LogP) is 4.28. The summed E-state index contributed by atoms with van der Waals surface area (Å²) >= 11 is 3.25. The molecule has 0 spiro atoms. The first kappa shape index (κ1) is 12.7. The van der Waals surface area contributed by atoms with E-state index in [1.807, 2.05) is 13.0 Å². The summed E-state index contributed by atoms with van der Waals surface area (Å²) in [5.74, 6) is -0.0498. The molecule has 92 valence electrons. The van der Waals surface area contributed by atoms with Crippen molar-refractivity contribution in [1.29, 1.82) is 0 Å². The lowest BCUT2D eigenvalue weighted by Gasteiger charge is -2.21. The van der Waals surface area contributed by atoms with Crippen LogP contribution in [0.15, 0.2) is 22.7 Å². The smallest absolute Gasteiger partial charge is 0.143 e. The fourth-order valence-electron chi connectivity index (χ4n) is 2.55. The second-order valence-electron chi connectivity index (χ2n) is 5.15. The zero-order valence-electron chi connectivity index (χ0n) is 9.93. The molecule has 3 heteroatoms. The number of hydrogen-bond donors (Lipinski definition) is 0. The van der Waals surface area contributed by atoms with Crippen LogP contribution in [0.4, 0.5) is 4.39 Å². The monoisotopic (exact) mass is 298 g/mol. The molecule has 0 saturated heterocycles. The minimum Gasteiger partial charge on any atom is -0.299 e. The summed E-state index contributed by atoms with van der Waals surface area (Å²) in [5.41, 5.74) is 0.578. The molecule has 0 aromatic heterocycles. The summed E-state index contributed by atoms with van der Waals surface area (Å²) < 4.78 is 13.9. The number of rotatable bonds is 3. The van der Waals surface area contributed by atoms with Crippen LogP contribution in [-0.2, 0) is 11.2 Å². The normalized spacial score (nSPS) is 18.3. The van der Waals surface area contributed by atoms with E-state index in [1.165, 1.54) is 12.1 Å². The molecule has 2 rings (SSSR count). The molecule has 0 N–H and O–H groups in total. The molecule has 0 atom stereocenters. The number of halogens is 2. The summed E-state index contributed by atoms with van der Waals surface area (Å²) in [6, 6.07) is 4.67. The lowest BCUT2D eigenvalue weighted by molar-refractivity contribution is -0.126. The van der Waals surface area contributed by atoms with Gasteiger partial charge >= 0.3 is 0 Å². The van der Waals surface area contributed by atoms with Gasteiger partial charge < -0.3 is 0 Å². The van der Waals surface area contributed by atoms with Gasteiger partial charge in [0.2, 0.25) is 0 Å². The van der Waals surface area contributed by atoms with Gasteiger partial charge in [0.15, 0.2) is 0 Å². The average Bonchev–Trinajstić information content (AvgIpc) is 2.64. The minimum absolute atomic E-state index is 0.182. The van der Waals surface area contributed by atoms with Gasteiger partial charge in [-0.25, -0.2) is 4.39 Å². The van der Waals surface area contributed by atoms with Gasteiger partial charge in [-0.3, -0.25) is 4.79 Å². The molecule has 0 amide bonds. The first-order valence-corrected chi connectivity index (χ1v) is 6.77. The van der Waals surface area contributed by atoms with Gasteiger partial charge in [0.25, 0.3) is 0 Å². The Hall–Kier alpha value is -0.700. The van der Waals surface area contributed by atoms with Crippen molar-refractivity contribution in [3.8, 4) is 0 Å². The lowest BCUT2D eigenvalue weighted by atomic mass is 9.81. The molecule has 1 aliphatic rings. The first-order chi connectivity index (χ1) is 7.99. The van der Waals surface area contributed by atoms with Crippen LogP contribution in [0.5, 0.6) is 0 Å². The highest BCUT2D eigenvalue weighted by Crippen LogP contribution is 2.39. The second kappa shape index (κ2) is 4.89. The molecule has 1 aromatic carbocycles. The molecule has 0 bridgehead atoms. The quantitative estimate of drug-likeness (QED) is 0.814. The number of hydrogen-bond acceptors (Lipinski definition) is 1. The van der Waals surface area contributed by atoms with Crippen LogP contribution in [0.2, 0.25) is 0 Å². The first-order valence-electron chi connectivity index (χ1n) is 5.98. The summed E-state index contributed by atoms with van der Waals surface area (Å²) in [6.45, 7) is 2.04. The summed E-state index contributed by atoms with van der Waals surface area (Å²) in [4.78, 5) is 12.2. The van der Waals surface area contributed by atoms with Crippen LogP contribution >= 0.6 is 15.9 Å². The van der Waals surface area contributed by atoms with Crippen molar-refractivity contribution in [2.24, 2.45) is 5.41 Å². The van der Waals surface area contributed by atoms with Gasteiger partial charge in [-0.15, -0.1) is 0 Å². The van der Waals surface area contributed by atoms with E-state index in [4.69, 9.17) is 0 Å². The van der Waals surface area contributed by atoms with Crippen LogP contribution < -0.4 is 0 Å². The Morgan fingerprint density at radius 1 is 1.35 bits per heavy atom. The second-order valence-corrected chi connectivity index (χ2v) is 6.06. The van der Waals surface area contributed by atoms with Gasteiger partial charge in [-0.1, -0.05) is 35.7 Å². The van der Waals surface area contributed by atoms with Crippen molar-refractivity contribution >= 4 is 21.7 Å². The molecular weight excluding hydrogens is 283 g/mol. The topological polar surface area (TPSA) is 17.1 Å². The average molecular weight is 299 g/mol. The van der Waals surface area contributed by atoms with Crippen molar-refractivity contribution in [2.75, 3.05) is 0 Å². The third-order valence-electron chi connectivity index (χ3n) is 3.67. The largest absolute Gasteiger partial charge is 0.299 e. The van der Waals surface area contributed by atoms with Crippen LogP contribution in [0, 0.1) is 11.2 Å². The van der Waals surface area contributed by atoms with Crippen molar-refractivity contribution in [1.82, 2.24) is 0 Å². The zero-order valence-corrected chi connectivity index (χ0v) is 11.5. The molecule has 0 aliphatic heterocycles. The van der Waals surface area contributed by atoms with E-state index in [9.17, 15) is 9.18 Å². The summed E-state index contributed by atoms with van der Waals surface area (Å²) in [7, 11) is 0. The SMILES string of the molecule is CC1(C(=O)Cc2cc(F)cc(Br)c2)CCCC1. The Morgan fingerprint density at radius 2 is 2.00 bits per heavy atom. The van der Waals surface area contributed by atoms with E-state index in [0.717, 1.165) is 31.2 Å². The Morgan fingerprint density at radius 3 is 2.59 bits per heavy atom. The molecular formula is C14H16BrFO. The Kier molecular flexibility index (Phi) is 3.67. The third kappa shape index (κ3) is 2.95. The van der Waals surface area contributed by atoms with Gasteiger partial charge in [-0.2, -0.15) is 0 Å². The molecule has 17 heavy (non-hydrogen) atoms. The van der Waals surface area contributed by atoms with E-state index < -0.39 is 0 Å². The Bertz CT molecular complexity index is 416. The van der Waals surface area contributed by atoms with Crippen LogP contribution in [-0.4, -0.2) is 5.78 Å². The van der Waals surface area contributed by atoms with Crippen LogP contribution in [0.3, 0.4) is 0 Å². The van der Waals surface area contributed by atoms with Gasteiger partial charge in [0.1, 0.15) is 11.6 Å². The zero-order chi connectivity index (χ0) is 12.5. The number of ketones is 1. The van der Waals surface area contributed by atoms with E-state index in [2.05, 4.69) is 15.9 Å².